The number of rotatable bonds is 5. The molecule has 2 aromatic rings. The van der Waals surface area contributed by atoms with Gasteiger partial charge in [-0.05, 0) is 31.0 Å². The molecule has 8 heteroatoms. The number of carbonyl (C=O) groups is 1. The van der Waals surface area contributed by atoms with Gasteiger partial charge in [0, 0.05) is 30.9 Å². The van der Waals surface area contributed by atoms with Crippen LogP contribution < -0.4 is 5.32 Å². The minimum Gasteiger partial charge on any atom is -0.502 e. The standard InChI is InChI=1S/C14H16N4O4/c1-9-10(8-15-17(9)2)3-6-14(20)16-11-4-5-13(19)12(7-11)18(21)22/h4-5,7-8,19H,3,6H2,1-2H3,(H,16,20). The molecule has 0 unspecified atom stereocenters. The van der Waals surface area contributed by atoms with Gasteiger partial charge in [-0.25, -0.2) is 0 Å². The molecule has 1 aromatic heterocycles. The van der Waals surface area contributed by atoms with Gasteiger partial charge in [0.05, 0.1) is 11.1 Å². The number of hydrogen-bond donors (Lipinski definition) is 2. The second-order valence-electron chi connectivity index (χ2n) is 4.89. The summed E-state index contributed by atoms with van der Waals surface area (Å²) in [7, 11) is 1.83. The third-order valence-electron chi connectivity index (χ3n) is 3.41. The average molecular weight is 304 g/mol. The van der Waals surface area contributed by atoms with Gasteiger partial charge < -0.3 is 10.4 Å². The Balaban J connectivity index is 1.99. The lowest BCUT2D eigenvalue weighted by Crippen LogP contribution is -2.12. The highest BCUT2D eigenvalue weighted by molar-refractivity contribution is 5.91. The Kier molecular flexibility index (Phi) is 4.40. The number of aryl methyl sites for hydroxylation is 2. The van der Waals surface area contributed by atoms with Crippen LogP contribution in [0.3, 0.4) is 0 Å². The Morgan fingerprint density at radius 2 is 2.23 bits per heavy atom. The van der Waals surface area contributed by atoms with E-state index in [9.17, 15) is 20.0 Å². The van der Waals surface area contributed by atoms with E-state index in [0.717, 1.165) is 17.3 Å². The van der Waals surface area contributed by atoms with Gasteiger partial charge in [0.2, 0.25) is 5.91 Å². The molecule has 0 bridgehead atoms. The van der Waals surface area contributed by atoms with Gasteiger partial charge in [0.25, 0.3) is 0 Å². The van der Waals surface area contributed by atoms with Crippen LogP contribution in [-0.2, 0) is 18.3 Å². The summed E-state index contributed by atoms with van der Waals surface area (Å²) in [5, 5.41) is 26.8. The number of hydrogen-bond acceptors (Lipinski definition) is 5. The summed E-state index contributed by atoms with van der Waals surface area (Å²) in [5.41, 5.74) is 1.81. The van der Waals surface area contributed by atoms with Gasteiger partial charge in [-0.1, -0.05) is 0 Å². The molecule has 0 aliphatic heterocycles. The molecular formula is C14H16N4O4. The predicted octanol–water partition coefficient (Wildman–Crippen LogP) is 1.91. The summed E-state index contributed by atoms with van der Waals surface area (Å²) >= 11 is 0. The number of nitrogens with one attached hydrogen (secondary N) is 1. The fourth-order valence-electron chi connectivity index (χ4n) is 2.01. The van der Waals surface area contributed by atoms with Crippen molar-refractivity contribution in [3.8, 4) is 5.75 Å². The van der Waals surface area contributed by atoms with E-state index in [4.69, 9.17) is 0 Å². The molecule has 0 saturated carbocycles. The SMILES string of the molecule is Cc1c(CCC(=O)Nc2ccc(O)c([N+](=O)[O-])c2)cnn1C. The number of nitrogens with zero attached hydrogens (tertiary/aromatic N) is 3. The normalized spacial score (nSPS) is 10.5. The molecule has 2 rings (SSSR count). The largest absolute Gasteiger partial charge is 0.502 e. The topological polar surface area (TPSA) is 110 Å². The first-order valence-electron chi connectivity index (χ1n) is 6.63. The summed E-state index contributed by atoms with van der Waals surface area (Å²) in [6, 6.07) is 3.72. The smallest absolute Gasteiger partial charge is 0.312 e. The van der Waals surface area contributed by atoms with E-state index < -0.39 is 16.4 Å². The molecule has 1 aromatic carbocycles. The van der Waals surface area contributed by atoms with E-state index >= 15 is 0 Å². The summed E-state index contributed by atoms with van der Waals surface area (Å²) < 4.78 is 1.73. The van der Waals surface area contributed by atoms with Crippen molar-refractivity contribution in [2.75, 3.05) is 5.32 Å². The number of benzene rings is 1. The third-order valence-corrected chi connectivity index (χ3v) is 3.41. The molecule has 0 radical (unpaired) electrons. The van der Waals surface area contributed by atoms with Crippen LogP contribution in [0.1, 0.15) is 17.7 Å². The summed E-state index contributed by atoms with van der Waals surface area (Å²) in [6.07, 6.45) is 2.49. The molecule has 1 amide bonds. The lowest BCUT2D eigenvalue weighted by atomic mass is 10.1. The first-order chi connectivity index (χ1) is 10.4. The Hall–Kier alpha value is -2.90. The van der Waals surface area contributed by atoms with E-state index in [-0.39, 0.29) is 18.0 Å². The van der Waals surface area contributed by atoms with Gasteiger partial charge in [0.15, 0.2) is 5.75 Å². The average Bonchev–Trinajstić information content (AvgIpc) is 2.78. The number of aromatic hydroxyl groups is 1. The second-order valence-corrected chi connectivity index (χ2v) is 4.89. The van der Waals surface area contributed by atoms with Crippen LogP contribution in [0.4, 0.5) is 11.4 Å². The van der Waals surface area contributed by atoms with Crippen LogP contribution in [0, 0.1) is 17.0 Å². The van der Waals surface area contributed by atoms with Crippen molar-refractivity contribution in [1.82, 2.24) is 9.78 Å². The van der Waals surface area contributed by atoms with E-state index in [2.05, 4.69) is 10.4 Å². The quantitative estimate of drug-likeness (QED) is 0.498. The zero-order valence-electron chi connectivity index (χ0n) is 12.2. The number of carbonyl (C=O) groups excluding carboxylic acids is 1. The lowest BCUT2D eigenvalue weighted by molar-refractivity contribution is -0.385. The Morgan fingerprint density at radius 1 is 1.50 bits per heavy atom. The molecule has 8 nitrogen and oxygen atoms in total. The van der Waals surface area contributed by atoms with Crippen molar-refractivity contribution in [2.24, 2.45) is 7.05 Å². The maximum Gasteiger partial charge on any atom is 0.312 e. The highest BCUT2D eigenvalue weighted by atomic mass is 16.6. The van der Waals surface area contributed by atoms with Crippen molar-refractivity contribution >= 4 is 17.3 Å². The van der Waals surface area contributed by atoms with Crippen LogP contribution in [-0.4, -0.2) is 25.7 Å². The number of amides is 1. The highest BCUT2D eigenvalue weighted by Crippen LogP contribution is 2.28. The van der Waals surface area contributed by atoms with Crippen LogP contribution in [0.25, 0.3) is 0 Å². The van der Waals surface area contributed by atoms with Crippen LogP contribution in [0.5, 0.6) is 5.75 Å². The first-order valence-corrected chi connectivity index (χ1v) is 6.63. The number of aromatic nitrogens is 2. The monoisotopic (exact) mass is 304 g/mol. The van der Waals surface area contributed by atoms with E-state index in [1.165, 1.54) is 12.1 Å². The number of phenolic OH excluding ortho intramolecular Hbond substituents is 1. The molecule has 116 valence electrons. The molecule has 0 aliphatic carbocycles. The molecule has 0 saturated heterocycles. The first kappa shape index (κ1) is 15.5. The molecule has 0 atom stereocenters. The van der Waals surface area contributed by atoms with Crippen molar-refractivity contribution in [2.45, 2.75) is 19.8 Å². The van der Waals surface area contributed by atoms with Crippen molar-refractivity contribution in [1.29, 1.82) is 0 Å². The maximum absolute atomic E-state index is 11.9. The van der Waals surface area contributed by atoms with Gasteiger partial charge in [-0.15, -0.1) is 0 Å². The lowest BCUT2D eigenvalue weighted by Gasteiger charge is -2.06. The van der Waals surface area contributed by atoms with Crippen molar-refractivity contribution in [3.63, 3.8) is 0 Å². The van der Waals surface area contributed by atoms with E-state index in [1.54, 1.807) is 10.9 Å². The van der Waals surface area contributed by atoms with Gasteiger partial charge in [-0.3, -0.25) is 19.6 Å². The molecular weight excluding hydrogens is 288 g/mol. The Morgan fingerprint density at radius 3 is 2.82 bits per heavy atom. The minimum atomic E-state index is -0.704. The zero-order valence-corrected chi connectivity index (χ0v) is 12.2. The van der Waals surface area contributed by atoms with Gasteiger partial charge in [0.1, 0.15) is 0 Å². The highest BCUT2D eigenvalue weighted by Gasteiger charge is 2.15. The fraction of sp³-hybridized carbons (Fsp3) is 0.286. The predicted molar refractivity (Wildman–Crippen MR) is 79.7 cm³/mol. The number of phenols is 1. The van der Waals surface area contributed by atoms with E-state index in [0.29, 0.717) is 6.42 Å². The molecule has 0 aliphatic rings. The summed E-state index contributed by atoms with van der Waals surface area (Å²) in [4.78, 5) is 21.9. The minimum absolute atomic E-state index is 0.237. The second kappa shape index (κ2) is 6.25. The van der Waals surface area contributed by atoms with Crippen molar-refractivity contribution in [3.05, 3.63) is 45.8 Å². The molecule has 1 heterocycles. The molecule has 0 fully saturated rings. The summed E-state index contributed by atoms with van der Waals surface area (Å²) in [6.45, 7) is 1.92. The number of nitro groups is 1. The van der Waals surface area contributed by atoms with Gasteiger partial charge >= 0.3 is 5.69 Å². The van der Waals surface area contributed by atoms with Gasteiger partial charge in [-0.2, -0.15) is 5.10 Å². The molecule has 0 spiro atoms. The molecule has 2 N–H and O–H groups in total. The summed E-state index contributed by atoms with van der Waals surface area (Å²) in [5.74, 6) is -0.697. The Labute approximate surface area is 126 Å². The molecule has 22 heavy (non-hydrogen) atoms. The fourth-order valence-corrected chi connectivity index (χ4v) is 2.01. The van der Waals surface area contributed by atoms with Crippen LogP contribution in [0.15, 0.2) is 24.4 Å². The van der Waals surface area contributed by atoms with E-state index in [1.807, 2.05) is 14.0 Å². The maximum atomic E-state index is 11.9. The van der Waals surface area contributed by atoms with Crippen molar-refractivity contribution < 1.29 is 14.8 Å². The number of nitro benzene ring substituents is 1. The zero-order chi connectivity index (χ0) is 16.3. The third kappa shape index (κ3) is 3.40. The van der Waals surface area contributed by atoms with Crippen LogP contribution >= 0.6 is 0 Å². The Bertz CT molecular complexity index is 724. The van der Waals surface area contributed by atoms with Crippen LogP contribution in [0.2, 0.25) is 0 Å². The number of anilines is 1.